The van der Waals surface area contributed by atoms with Crippen LogP contribution in [0, 0.1) is 0 Å². The maximum atomic E-state index is 10.6. The smallest absolute Gasteiger partial charge is 0.0981 e. The molecule has 0 fully saturated rings. The lowest BCUT2D eigenvalue weighted by Crippen LogP contribution is -1.96. The van der Waals surface area contributed by atoms with E-state index in [2.05, 4.69) is 0 Å². The van der Waals surface area contributed by atoms with E-state index in [0.717, 1.165) is 22.3 Å². The average molecular weight is 321 g/mol. The van der Waals surface area contributed by atoms with E-state index < -0.39 is 6.10 Å². The van der Waals surface area contributed by atoms with Crippen LogP contribution in [0.15, 0.2) is 91.0 Å². The zero-order valence-electron chi connectivity index (χ0n) is 12.6. The van der Waals surface area contributed by atoms with Gasteiger partial charge in [0, 0.05) is 5.02 Å². The van der Waals surface area contributed by atoms with Crippen molar-refractivity contribution in [1.29, 1.82) is 0 Å². The Hall–Kier alpha value is -2.35. The Labute approximate surface area is 141 Å². The van der Waals surface area contributed by atoms with E-state index in [1.54, 1.807) is 12.1 Å². The van der Waals surface area contributed by atoms with Crippen molar-refractivity contribution in [2.24, 2.45) is 0 Å². The molecule has 3 aromatic carbocycles. The molecule has 0 aliphatic rings. The first-order valence-corrected chi connectivity index (χ1v) is 7.88. The van der Waals surface area contributed by atoms with Crippen molar-refractivity contribution in [2.75, 3.05) is 0 Å². The van der Waals surface area contributed by atoms with E-state index in [-0.39, 0.29) is 0 Å². The third kappa shape index (κ3) is 3.89. The van der Waals surface area contributed by atoms with Crippen LogP contribution in [-0.4, -0.2) is 5.11 Å². The average Bonchev–Trinajstić information content (AvgIpc) is 2.61. The van der Waals surface area contributed by atoms with E-state index in [1.807, 2.05) is 78.9 Å². The fraction of sp³-hybridized carbons (Fsp3) is 0.0476. The first-order chi connectivity index (χ1) is 11.2. The Balaban J connectivity index is 2.03. The largest absolute Gasteiger partial charge is 0.384 e. The summed E-state index contributed by atoms with van der Waals surface area (Å²) in [5.74, 6) is 0. The second-order valence-corrected chi connectivity index (χ2v) is 5.75. The molecule has 23 heavy (non-hydrogen) atoms. The van der Waals surface area contributed by atoms with Crippen molar-refractivity contribution in [3.63, 3.8) is 0 Å². The number of benzene rings is 3. The van der Waals surface area contributed by atoms with Crippen LogP contribution in [0.2, 0.25) is 5.02 Å². The van der Waals surface area contributed by atoms with Crippen molar-refractivity contribution in [3.05, 3.63) is 113 Å². The fourth-order valence-electron chi connectivity index (χ4n) is 2.51. The van der Waals surface area contributed by atoms with Crippen LogP contribution in [0.4, 0.5) is 0 Å². The summed E-state index contributed by atoms with van der Waals surface area (Å²) in [5, 5.41) is 11.2. The number of aliphatic hydroxyl groups excluding tert-OH is 1. The molecule has 3 aromatic rings. The molecule has 0 aliphatic carbocycles. The van der Waals surface area contributed by atoms with Gasteiger partial charge in [-0.2, -0.15) is 0 Å². The van der Waals surface area contributed by atoms with Crippen LogP contribution in [0.1, 0.15) is 22.8 Å². The lowest BCUT2D eigenvalue weighted by atomic mass is 9.95. The summed E-state index contributed by atoms with van der Waals surface area (Å²) >= 11 is 5.92. The molecule has 1 nitrogen and oxygen atoms in total. The number of aliphatic hydroxyl groups is 1. The second-order valence-electron chi connectivity index (χ2n) is 5.31. The topological polar surface area (TPSA) is 20.2 Å². The predicted molar refractivity (Wildman–Crippen MR) is 96.4 cm³/mol. The number of halogens is 1. The van der Waals surface area contributed by atoms with Crippen molar-refractivity contribution >= 4 is 17.2 Å². The molecule has 0 aliphatic heterocycles. The molecule has 1 N–H and O–H groups in total. The highest BCUT2D eigenvalue weighted by molar-refractivity contribution is 6.30. The summed E-state index contributed by atoms with van der Waals surface area (Å²) in [7, 11) is 0. The Morgan fingerprint density at radius 3 is 1.70 bits per heavy atom. The van der Waals surface area contributed by atoms with Gasteiger partial charge in [0.2, 0.25) is 0 Å². The summed E-state index contributed by atoms with van der Waals surface area (Å²) in [4.78, 5) is 0. The van der Waals surface area contributed by atoms with E-state index in [9.17, 15) is 5.11 Å². The Morgan fingerprint density at radius 1 is 0.739 bits per heavy atom. The van der Waals surface area contributed by atoms with Gasteiger partial charge >= 0.3 is 0 Å². The molecule has 0 spiro atoms. The molecule has 0 aromatic heterocycles. The van der Waals surface area contributed by atoms with Gasteiger partial charge < -0.3 is 5.11 Å². The van der Waals surface area contributed by atoms with Crippen LogP contribution in [0.5, 0.6) is 0 Å². The molecular formula is C21H17ClO. The summed E-state index contributed by atoms with van der Waals surface area (Å²) in [6.07, 6.45) is 1.19. The zero-order valence-corrected chi connectivity index (χ0v) is 13.3. The highest BCUT2D eigenvalue weighted by Crippen LogP contribution is 2.27. The molecule has 1 unspecified atom stereocenters. The maximum absolute atomic E-state index is 10.6. The van der Waals surface area contributed by atoms with Gasteiger partial charge in [0.1, 0.15) is 0 Å². The van der Waals surface area contributed by atoms with Crippen LogP contribution < -0.4 is 0 Å². The van der Waals surface area contributed by atoms with E-state index in [1.165, 1.54) is 0 Å². The van der Waals surface area contributed by atoms with Gasteiger partial charge in [-0.15, -0.1) is 0 Å². The van der Waals surface area contributed by atoms with Gasteiger partial charge in [-0.25, -0.2) is 0 Å². The van der Waals surface area contributed by atoms with E-state index in [4.69, 9.17) is 11.6 Å². The van der Waals surface area contributed by atoms with Gasteiger partial charge in [0.25, 0.3) is 0 Å². The minimum atomic E-state index is -0.692. The molecule has 0 heterocycles. The van der Waals surface area contributed by atoms with Crippen LogP contribution in [-0.2, 0) is 0 Å². The van der Waals surface area contributed by atoms with Crippen molar-refractivity contribution in [1.82, 2.24) is 0 Å². The van der Waals surface area contributed by atoms with E-state index in [0.29, 0.717) is 5.02 Å². The molecule has 0 bridgehead atoms. The van der Waals surface area contributed by atoms with Gasteiger partial charge in [-0.05, 0) is 40.5 Å². The van der Waals surface area contributed by atoms with Crippen LogP contribution >= 0.6 is 11.6 Å². The first kappa shape index (κ1) is 15.5. The summed E-state index contributed by atoms with van der Waals surface area (Å²) in [6.45, 7) is 0. The normalized spacial score (nSPS) is 11.7. The Kier molecular flexibility index (Phi) is 4.92. The molecule has 114 valence electrons. The van der Waals surface area contributed by atoms with Gasteiger partial charge in [-0.3, -0.25) is 0 Å². The molecule has 1 atom stereocenters. The maximum Gasteiger partial charge on any atom is 0.0981 e. The summed E-state index contributed by atoms with van der Waals surface area (Å²) in [6, 6.07) is 27.4. The molecule has 0 radical (unpaired) electrons. The SMILES string of the molecule is OC(C=C(c1ccccc1)c1ccccc1)c1ccc(Cl)cc1. The zero-order chi connectivity index (χ0) is 16.1. The molecule has 3 rings (SSSR count). The highest BCUT2D eigenvalue weighted by atomic mass is 35.5. The minimum absolute atomic E-state index is 0.663. The van der Waals surface area contributed by atoms with Gasteiger partial charge in [0.05, 0.1) is 6.10 Å². The number of hydrogen-bond acceptors (Lipinski definition) is 1. The predicted octanol–water partition coefficient (Wildman–Crippen LogP) is 5.51. The van der Waals surface area contributed by atoms with Crippen molar-refractivity contribution in [3.8, 4) is 0 Å². The van der Waals surface area contributed by atoms with Crippen LogP contribution in [0.25, 0.3) is 5.57 Å². The summed E-state index contributed by atoms with van der Waals surface area (Å²) in [5.41, 5.74) is 3.98. The summed E-state index contributed by atoms with van der Waals surface area (Å²) < 4.78 is 0. The quantitative estimate of drug-likeness (QED) is 0.672. The Bertz CT molecular complexity index is 736. The van der Waals surface area contributed by atoms with E-state index >= 15 is 0 Å². The molecule has 0 saturated carbocycles. The van der Waals surface area contributed by atoms with Crippen molar-refractivity contribution in [2.45, 2.75) is 6.10 Å². The first-order valence-electron chi connectivity index (χ1n) is 7.50. The second kappa shape index (κ2) is 7.28. The molecule has 0 saturated heterocycles. The fourth-order valence-corrected chi connectivity index (χ4v) is 2.63. The third-order valence-corrected chi connectivity index (χ3v) is 3.96. The Morgan fingerprint density at radius 2 is 1.22 bits per heavy atom. The lowest BCUT2D eigenvalue weighted by Gasteiger charge is -2.13. The van der Waals surface area contributed by atoms with Gasteiger partial charge in [0.15, 0.2) is 0 Å². The molecule has 0 amide bonds. The van der Waals surface area contributed by atoms with Crippen molar-refractivity contribution < 1.29 is 5.11 Å². The number of rotatable bonds is 4. The third-order valence-electron chi connectivity index (χ3n) is 3.71. The highest BCUT2D eigenvalue weighted by Gasteiger charge is 2.10. The molecule has 2 heteroatoms. The molecular weight excluding hydrogens is 304 g/mol. The lowest BCUT2D eigenvalue weighted by molar-refractivity contribution is 0.229. The monoisotopic (exact) mass is 320 g/mol. The van der Waals surface area contributed by atoms with Crippen LogP contribution in [0.3, 0.4) is 0 Å². The standard InChI is InChI=1S/C21H17ClO/c22-19-13-11-18(12-14-19)21(23)15-20(16-7-3-1-4-8-16)17-9-5-2-6-10-17/h1-15,21,23H. The number of hydrogen-bond donors (Lipinski definition) is 1. The minimum Gasteiger partial charge on any atom is -0.384 e. The van der Waals surface area contributed by atoms with Gasteiger partial charge in [-0.1, -0.05) is 84.4 Å².